The average Bonchev–Trinajstić information content (AvgIpc) is 2.86. The Hall–Kier alpha value is -0.980. The second-order valence-electron chi connectivity index (χ2n) is 4.99. The van der Waals surface area contributed by atoms with Gasteiger partial charge in [-0.25, -0.2) is 0 Å². The van der Waals surface area contributed by atoms with E-state index in [9.17, 15) is 0 Å². The van der Waals surface area contributed by atoms with Crippen LogP contribution >= 0.6 is 11.8 Å². The standard InChI is InChI=1S/C15H20N2S/c1-11(13-5-3-4-12(8-13)10-16)17-14-6-7-15(9-14)18-2/h3-5,8,11,14-15,17H,6-7,9H2,1-2H3. The van der Waals surface area contributed by atoms with Crippen LogP contribution in [0.25, 0.3) is 0 Å². The molecule has 18 heavy (non-hydrogen) atoms. The quantitative estimate of drug-likeness (QED) is 0.900. The topological polar surface area (TPSA) is 35.8 Å². The monoisotopic (exact) mass is 260 g/mol. The molecule has 1 aliphatic carbocycles. The van der Waals surface area contributed by atoms with Gasteiger partial charge in [-0.3, -0.25) is 0 Å². The summed E-state index contributed by atoms with van der Waals surface area (Å²) in [4.78, 5) is 0. The van der Waals surface area contributed by atoms with Gasteiger partial charge in [0.25, 0.3) is 0 Å². The van der Waals surface area contributed by atoms with Crippen LogP contribution in [-0.4, -0.2) is 17.5 Å². The molecule has 0 bridgehead atoms. The van der Waals surface area contributed by atoms with E-state index in [0.29, 0.717) is 12.1 Å². The van der Waals surface area contributed by atoms with Crippen molar-refractivity contribution in [2.45, 2.75) is 43.5 Å². The molecule has 3 unspecified atom stereocenters. The predicted octanol–water partition coefficient (Wildman–Crippen LogP) is 3.49. The van der Waals surface area contributed by atoms with Crippen molar-refractivity contribution in [3.05, 3.63) is 35.4 Å². The molecule has 0 spiro atoms. The molecule has 0 aliphatic heterocycles. The highest BCUT2D eigenvalue weighted by Gasteiger charge is 2.24. The molecule has 1 aromatic carbocycles. The van der Waals surface area contributed by atoms with Crippen molar-refractivity contribution in [1.29, 1.82) is 5.26 Å². The van der Waals surface area contributed by atoms with Crippen LogP contribution in [0.2, 0.25) is 0 Å². The van der Waals surface area contributed by atoms with Crippen molar-refractivity contribution < 1.29 is 0 Å². The Balaban J connectivity index is 1.95. The van der Waals surface area contributed by atoms with E-state index in [1.165, 1.54) is 24.8 Å². The van der Waals surface area contributed by atoms with Gasteiger partial charge in [0, 0.05) is 17.3 Å². The van der Waals surface area contributed by atoms with E-state index in [1.807, 2.05) is 30.0 Å². The SMILES string of the molecule is CSC1CCC(NC(C)c2cccc(C#N)c2)C1. The summed E-state index contributed by atoms with van der Waals surface area (Å²) in [5.41, 5.74) is 1.95. The van der Waals surface area contributed by atoms with Crippen LogP contribution in [-0.2, 0) is 0 Å². The van der Waals surface area contributed by atoms with Gasteiger partial charge in [-0.1, -0.05) is 12.1 Å². The van der Waals surface area contributed by atoms with Crippen molar-refractivity contribution in [1.82, 2.24) is 5.32 Å². The molecule has 0 aromatic heterocycles. The van der Waals surface area contributed by atoms with Gasteiger partial charge in [0.2, 0.25) is 0 Å². The summed E-state index contributed by atoms with van der Waals surface area (Å²) in [6, 6.07) is 11.1. The average molecular weight is 260 g/mol. The van der Waals surface area contributed by atoms with E-state index in [0.717, 1.165) is 10.8 Å². The van der Waals surface area contributed by atoms with Crippen LogP contribution in [0.5, 0.6) is 0 Å². The highest BCUT2D eigenvalue weighted by atomic mass is 32.2. The molecule has 0 amide bonds. The Morgan fingerprint density at radius 3 is 2.94 bits per heavy atom. The number of nitrogens with zero attached hydrogens (tertiary/aromatic N) is 1. The highest BCUT2D eigenvalue weighted by molar-refractivity contribution is 7.99. The first-order chi connectivity index (χ1) is 8.72. The zero-order valence-electron chi connectivity index (χ0n) is 11.0. The first-order valence-electron chi connectivity index (χ1n) is 6.52. The van der Waals surface area contributed by atoms with Crippen molar-refractivity contribution >= 4 is 11.8 Å². The highest BCUT2D eigenvalue weighted by Crippen LogP contribution is 2.29. The molecule has 3 atom stereocenters. The summed E-state index contributed by atoms with van der Waals surface area (Å²) < 4.78 is 0. The van der Waals surface area contributed by atoms with Crippen molar-refractivity contribution in [3.8, 4) is 6.07 Å². The fraction of sp³-hybridized carbons (Fsp3) is 0.533. The lowest BCUT2D eigenvalue weighted by Crippen LogP contribution is -2.29. The predicted molar refractivity (Wildman–Crippen MR) is 77.6 cm³/mol. The number of rotatable bonds is 4. The van der Waals surface area contributed by atoms with E-state index in [4.69, 9.17) is 5.26 Å². The van der Waals surface area contributed by atoms with Crippen LogP contribution < -0.4 is 5.32 Å². The smallest absolute Gasteiger partial charge is 0.0991 e. The van der Waals surface area contributed by atoms with Gasteiger partial charge in [-0.05, 0) is 50.1 Å². The molecule has 1 aromatic rings. The van der Waals surface area contributed by atoms with Crippen molar-refractivity contribution in [2.75, 3.05) is 6.26 Å². The number of benzene rings is 1. The second-order valence-corrected chi connectivity index (χ2v) is 6.13. The lowest BCUT2D eigenvalue weighted by Gasteiger charge is -2.20. The zero-order chi connectivity index (χ0) is 13.0. The van der Waals surface area contributed by atoms with Crippen LogP contribution in [0.15, 0.2) is 24.3 Å². The molecule has 96 valence electrons. The van der Waals surface area contributed by atoms with Crippen LogP contribution in [0.1, 0.15) is 43.4 Å². The molecule has 1 fully saturated rings. The van der Waals surface area contributed by atoms with Gasteiger partial charge in [-0.2, -0.15) is 17.0 Å². The van der Waals surface area contributed by atoms with Gasteiger partial charge < -0.3 is 5.32 Å². The fourth-order valence-electron chi connectivity index (χ4n) is 2.63. The summed E-state index contributed by atoms with van der Waals surface area (Å²) in [5, 5.41) is 13.4. The zero-order valence-corrected chi connectivity index (χ0v) is 11.8. The van der Waals surface area contributed by atoms with E-state index < -0.39 is 0 Å². The third kappa shape index (κ3) is 3.28. The van der Waals surface area contributed by atoms with Crippen LogP contribution in [0.4, 0.5) is 0 Å². The molecular formula is C15H20N2S. The molecule has 0 saturated heterocycles. The lowest BCUT2D eigenvalue weighted by atomic mass is 10.0. The molecule has 1 aliphatic rings. The van der Waals surface area contributed by atoms with Crippen molar-refractivity contribution in [3.63, 3.8) is 0 Å². The van der Waals surface area contributed by atoms with Gasteiger partial charge in [0.05, 0.1) is 11.6 Å². The van der Waals surface area contributed by atoms with Crippen LogP contribution in [0.3, 0.4) is 0 Å². The third-order valence-electron chi connectivity index (χ3n) is 3.72. The van der Waals surface area contributed by atoms with Gasteiger partial charge in [0.1, 0.15) is 0 Å². The first-order valence-corrected chi connectivity index (χ1v) is 7.80. The maximum Gasteiger partial charge on any atom is 0.0991 e. The Kier molecular flexibility index (Phi) is 4.68. The minimum Gasteiger partial charge on any atom is -0.307 e. The molecule has 1 saturated carbocycles. The minimum absolute atomic E-state index is 0.323. The maximum absolute atomic E-state index is 8.92. The fourth-order valence-corrected chi connectivity index (χ4v) is 3.43. The van der Waals surface area contributed by atoms with Gasteiger partial charge in [0.15, 0.2) is 0 Å². The summed E-state index contributed by atoms with van der Waals surface area (Å²) in [6.45, 7) is 2.18. The number of hydrogen-bond acceptors (Lipinski definition) is 3. The van der Waals surface area contributed by atoms with Crippen molar-refractivity contribution in [2.24, 2.45) is 0 Å². The van der Waals surface area contributed by atoms with E-state index in [1.54, 1.807) is 0 Å². The molecule has 3 heteroatoms. The lowest BCUT2D eigenvalue weighted by molar-refractivity contribution is 0.462. The van der Waals surface area contributed by atoms with Gasteiger partial charge >= 0.3 is 0 Å². The molecular weight excluding hydrogens is 240 g/mol. The normalized spacial score (nSPS) is 24.7. The Morgan fingerprint density at radius 1 is 1.44 bits per heavy atom. The number of hydrogen-bond donors (Lipinski definition) is 1. The number of thioether (sulfide) groups is 1. The summed E-state index contributed by atoms with van der Waals surface area (Å²) >= 11 is 1.98. The van der Waals surface area contributed by atoms with E-state index >= 15 is 0 Å². The molecule has 2 rings (SSSR count). The summed E-state index contributed by atoms with van der Waals surface area (Å²) in [7, 11) is 0. The van der Waals surface area contributed by atoms with Gasteiger partial charge in [-0.15, -0.1) is 0 Å². The van der Waals surface area contributed by atoms with E-state index in [2.05, 4.69) is 30.6 Å². The second kappa shape index (κ2) is 6.26. The summed E-state index contributed by atoms with van der Waals surface area (Å²) in [5.74, 6) is 0. The molecule has 0 heterocycles. The largest absolute Gasteiger partial charge is 0.307 e. The number of nitriles is 1. The number of nitrogens with one attached hydrogen (secondary N) is 1. The van der Waals surface area contributed by atoms with Crippen LogP contribution in [0, 0.1) is 11.3 Å². The maximum atomic E-state index is 8.92. The minimum atomic E-state index is 0.323. The Labute approximate surface area is 114 Å². The molecule has 0 radical (unpaired) electrons. The Morgan fingerprint density at radius 2 is 2.28 bits per heavy atom. The molecule has 2 nitrogen and oxygen atoms in total. The third-order valence-corrected chi connectivity index (χ3v) is 4.81. The summed E-state index contributed by atoms with van der Waals surface area (Å²) in [6.07, 6.45) is 6.06. The molecule has 1 N–H and O–H groups in total. The Bertz CT molecular complexity index is 438. The first kappa shape index (κ1) is 13.5. The van der Waals surface area contributed by atoms with E-state index in [-0.39, 0.29) is 0 Å².